The second-order valence-corrected chi connectivity index (χ2v) is 25.2. The fraction of sp³-hybridized carbons (Fsp3) is 0.0204. The summed E-state index contributed by atoms with van der Waals surface area (Å²) in [6, 6.07) is 142. The summed E-state index contributed by atoms with van der Waals surface area (Å²) in [5, 5.41) is 4.97. The summed E-state index contributed by atoms with van der Waals surface area (Å²) in [6.45, 7) is 4.30. The molecule has 0 N–H and O–H groups in total. The van der Waals surface area contributed by atoms with E-state index in [0.29, 0.717) is 0 Å². The average Bonchev–Trinajstić information content (AvgIpc) is 1.65. The molecular weight excluding hydrogens is 2060 g/mol. The minimum Gasteiger partial charge on any atom is -0.328 e. The van der Waals surface area contributed by atoms with E-state index in [1.165, 1.54) is 55.1 Å². The molecule has 0 spiro atoms. The first kappa shape index (κ1) is 79.6. The molecular formula is C98H72Ir4N8-4. The summed E-state index contributed by atoms with van der Waals surface area (Å²) in [4.78, 5) is 24.7. The van der Waals surface area contributed by atoms with Gasteiger partial charge in [0, 0.05) is 150 Å². The molecule has 8 nitrogen and oxygen atoms in total. The quantitative estimate of drug-likeness (QED) is 0.101. The molecule has 4 radical (unpaired) electrons. The first-order chi connectivity index (χ1) is 52.5. The van der Waals surface area contributed by atoms with Gasteiger partial charge in [0.15, 0.2) is 0 Å². The summed E-state index contributed by atoms with van der Waals surface area (Å²) in [5.41, 5.74) is 23.7. The van der Waals surface area contributed by atoms with Gasteiger partial charge in [-0.15, -0.1) is 119 Å². The van der Waals surface area contributed by atoms with Crippen molar-refractivity contribution in [1.29, 1.82) is 0 Å². The van der Waals surface area contributed by atoms with Gasteiger partial charge in [-0.1, -0.05) is 212 Å². The van der Waals surface area contributed by atoms with Gasteiger partial charge in [-0.05, 0) is 167 Å². The molecule has 0 atom stereocenters. The Bertz CT molecular complexity index is 5760. The van der Waals surface area contributed by atoms with Crippen molar-refractivity contribution < 1.29 is 80.4 Å². The van der Waals surface area contributed by atoms with Crippen molar-refractivity contribution in [1.82, 2.24) is 24.5 Å². The molecule has 18 rings (SSSR count). The molecule has 0 saturated carbocycles. The average molecular weight is 2130 g/mol. The molecule has 18 aromatic rings. The second kappa shape index (κ2) is 39.1. The molecule has 5 heterocycles. The third kappa shape index (κ3) is 18.6. The molecule has 0 unspecified atom stereocenters. The number of anilines is 9. The minimum absolute atomic E-state index is 0. The maximum Gasteiger partial charge on any atom is 0.0523 e. The van der Waals surface area contributed by atoms with E-state index in [0.717, 1.165) is 90.5 Å². The normalized spacial score (nSPS) is 10.3. The first-order valence-electron chi connectivity index (χ1n) is 35.3. The molecule has 0 bridgehead atoms. The molecule has 0 aliphatic carbocycles. The Kier molecular flexibility index (Phi) is 28.2. The van der Waals surface area contributed by atoms with Crippen LogP contribution in [0.5, 0.6) is 0 Å². The number of hydrogen-bond donors (Lipinski definition) is 0. The Morgan fingerprint density at radius 1 is 0.245 bits per heavy atom. The number of hydrogen-bond acceptors (Lipinski definition) is 7. The van der Waals surface area contributed by atoms with Gasteiger partial charge in [0.05, 0.1) is 16.7 Å². The van der Waals surface area contributed by atoms with Crippen molar-refractivity contribution in [2.45, 2.75) is 13.8 Å². The zero-order valence-electron chi connectivity index (χ0n) is 60.0. The Morgan fingerprint density at radius 3 is 0.982 bits per heavy atom. The smallest absolute Gasteiger partial charge is 0.0523 e. The molecule has 0 amide bonds. The van der Waals surface area contributed by atoms with Gasteiger partial charge in [-0.2, -0.15) is 0 Å². The van der Waals surface area contributed by atoms with Crippen LogP contribution in [0.3, 0.4) is 0 Å². The minimum atomic E-state index is 0. The summed E-state index contributed by atoms with van der Waals surface area (Å²) >= 11 is 0. The topological polar surface area (TPSA) is 66.2 Å². The van der Waals surface area contributed by atoms with Gasteiger partial charge in [0.25, 0.3) is 0 Å². The van der Waals surface area contributed by atoms with E-state index in [2.05, 4.69) is 338 Å². The molecule has 544 valence electrons. The van der Waals surface area contributed by atoms with Gasteiger partial charge in [0.2, 0.25) is 0 Å². The Hall–Kier alpha value is -11.5. The van der Waals surface area contributed by atoms with E-state index in [1.807, 2.05) is 140 Å². The Balaban J connectivity index is 0.000000144. The van der Waals surface area contributed by atoms with Gasteiger partial charge in [-0.25, -0.2) is 0 Å². The van der Waals surface area contributed by atoms with Gasteiger partial charge >= 0.3 is 0 Å². The number of benzene rings is 13. The summed E-state index contributed by atoms with van der Waals surface area (Å²) < 4.78 is 2.31. The van der Waals surface area contributed by atoms with E-state index in [-0.39, 0.29) is 80.4 Å². The van der Waals surface area contributed by atoms with Gasteiger partial charge in [-0.3, -0.25) is 0 Å². The molecule has 0 fully saturated rings. The van der Waals surface area contributed by atoms with Crippen molar-refractivity contribution in [3.8, 4) is 50.7 Å². The molecule has 12 heteroatoms. The third-order valence-electron chi connectivity index (χ3n) is 18.3. The maximum atomic E-state index is 4.50. The van der Waals surface area contributed by atoms with Crippen molar-refractivity contribution in [3.63, 3.8) is 0 Å². The van der Waals surface area contributed by atoms with E-state index in [9.17, 15) is 0 Å². The number of para-hydroxylation sites is 7. The second-order valence-electron chi connectivity index (χ2n) is 25.2. The van der Waals surface area contributed by atoms with Crippen LogP contribution in [0.1, 0.15) is 11.1 Å². The van der Waals surface area contributed by atoms with E-state index in [1.54, 1.807) is 0 Å². The monoisotopic (exact) mass is 2130 g/mol. The van der Waals surface area contributed by atoms with E-state index >= 15 is 0 Å². The standard InChI is InChI=1S/C27H19N2.C25H21N2.C23H15N2.C23H17N2.4Ir/c1-2-13-23(14-3-1)29(27-18-9-11-21-10-4-5-16-25(21)27)24-15-8-12-22(20-24)26-17-6-7-19-28-26;1-19-10-3-5-15-24(19)27(25-16-6-4-11-20(25)2)22-13-9-12-21(18-22)23-14-7-8-17-26-23;1-3-13-22-19(10-1)20-11-2-4-14-23(20)25(22)18-9-7-8-17(16-18)21-12-5-6-15-24-21;1-3-11-20(12-4-1)25(21-13-5-2-6-14-21)22-15-9-10-19(18-22)23-16-7-8-17-24-23;;;;/h1-11,13-20H;3-11,13-18H,1-2H3;1-7,9-16H;1-9,11-18H;;;;/q4*-1;;;;. The van der Waals surface area contributed by atoms with Crippen LogP contribution < -0.4 is 14.7 Å². The van der Waals surface area contributed by atoms with Gasteiger partial charge in [0.1, 0.15) is 0 Å². The first-order valence-corrected chi connectivity index (χ1v) is 35.3. The van der Waals surface area contributed by atoms with Crippen LogP contribution in [0.25, 0.3) is 83.3 Å². The summed E-state index contributed by atoms with van der Waals surface area (Å²) in [7, 11) is 0. The predicted octanol–water partition coefficient (Wildman–Crippen LogP) is 25.5. The molecule has 0 saturated heterocycles. The van der Waals surface area contributed by atoms with Crippen molar-refractivity contribution in [2.75, 3.05) is 14.7 Å². The van der Waals surface area contributed by atoms with E-state index < -0.39 is 0 Å². The fourth-order valence-corrected chi connectivity index (χ4v) is 13.3. The van der Waals surface area contributed by atoms with Crippen LogP contribution in [0.15, 0.2) is 401 Å². The van der Waals surface area contributed by atoms with Crippen LogP contribution in [0.4, 0.5) is 51.2 Å². The van der Waals surface area contributed by atoms with Crippen LogP contribution in [-0.2, 0) is 80.4 Å². The fourth-order valence-electron chi connectivity index (χ4n) is 13.3. The SMILES string of the molecule is Cc1ccccc1N(c1cc[c-]c(-c2ccccn2)c1)c1ccccc1C.[Ir].[Ir].[Ir].[Ir].[c-]1ccc(-n2c3ccccc3c3ccccc32)cc1-c1ccccn1.[c-]1ccc(N(c2ccccc2)c2cccc3ccccc23)cc1-c1ccccn1.[c-]1ccc(N(c2ccccc2)c2ccccc2)cc1-c1ccccn1. The van der Waals surface area contributed by atoms with Crippen LogP contribution in [-0.4, -0.2) is 24.5 Å². The number of aromatic nitrogens is 5. The Morgan fingerprint density at radius 2 is 0.564 bits per heavy atom. The number of fused-ring (bicyclic) bond motifs is 4. The zero-order valence-corrected chi connectivity index (χ0v) is 69.6. The molecule has 13 aromatic carbocycles. The van der Waals surface area contributed by atoms with Crippen molar-refractivity contribution >= 4 is 83.8 Å². The number of rotatable bonds is 14. The largest absolute Gasteiger partial charge is 0.328 e. The predicted molar refractivity (Wildman–Crippen MR) is 439 cm³/mol. The van der Waals surface area contributed by atoms with Crippen molar-refractivity contribution in [3.05, 3.63) is 436 Å². The number of aryl methyl sites for hydroxylation is 2. The maximum absolute atomic E-state index is 4.50. The summed E-state index contributed by atoms with van der Waals surface area (Å²) in [5.74, 6) is 0. The number of pyridine rings is 4. The van der Waals surface area contributed by atoms with Crippen LogP contribution >= 0.6 is 0 Å². The third-order valence-corrected chi connectivity index (χ3v) is 18.3. The van der Waals surface area contributed by atoms with Crippen LogP contribution in [0.2, 0.25) is 0 Å². The molecule has 0 aliphatic rings. The van der Waals surface area contributed by atoms with Crippen LogP contribution in [0, 0.1) is 38.1 Å². The Labute approximate surface area is 698 Å². The summed E-state index contributed by atoms with van der Waals surface area (Å²) in [6.07, 6.45) is 7.25. The molecule has 0 aliphatic heterocycles. The zero-order chi connectivity index (χ0) is 71.6. The molecule has 110 heavy (non-hydrogen) atoms. The number of nitrogens with zero attached hydrogens (tertiary/aromatic N) is 8. The molecule has 5 aromatic heterocycles. The van der Waals surface area contributed by atoms with Crippen molar-refractivity contribution in [2.24, 2.45) is 0 Å². The van der Waals surface area contributed by atoms with E-state index in [4.69, 9.17) is 0 Å². The van der Waals surface area contributed by atoms with Gasteiger partial charge < -0.3 is 39.2 Å².